The van der Waals surface area contributed by atoms with E-state index in [9.17, 15) is 4.79 Å². The zero-order valence-corrected chi connectivity index (χ0v) is 9.82. The predicted octanol–water partition coefficient (Wildman–Crippen LogP) is 1.16. The lowest BCUT2D eigenvalue weighted by Crippen LogP contribution is -2.33. The summed E-state index contributed by atoms with van der Waals surface area (Å²) < 4.78 is 5.69. The zero-order chi connectivity index (χ0) is 12.1. The molecule has 4 nitrogen and oxygen atoms in total. The summed E-state index contributed by atoms with van der Waals surface area (Å²) >= 11 is 0. The molecule has 0 aliphatic carbocycles. The van der Waals surface area contributed by atoms with Gasteiger partial charge in [-0.25, -0.2) is 0 Å². The largest absolute Gasteiger partial charge is 0.493 e. The Morgan fingerprint density at radius 3 is 3.12 bits per heavy atom. The molecule has 1 fully saturated rings. The quantitative estimate of drug-likeness (QED) is 0.821. The van der Waals surface area contributed by atoms with Gasteiger partial charge in [0.1, 0.15) is 5.75 Å². The van der Waals surface area contributed by atoms with Crippen molar-refractivity contribution < 1.29 is 9.53 Å². The van der Waals surface area contributed by atoms with Crippen LogP contribution in [0.4, 0.5) is 0 Å². The van der Waals surface area contributed by atoms with Crippen molar-refractivity contribution in [3.8, 4) is 5.75 Å². The van der Waals surface area contributed by atoms with Crippen LogP contribution >= 0.6 is 0 Å². The Morgan fingerprint density at radius 1 is 1.53 bits per heavy atom. The first kappa shape index (κ1) is 11.9. The van der Waals surface area contributed by atoms with Gasteiger partial charge < -0.3 is 15.8 Å². The molecule has 4 heteroatoms. The molecule has 0 spiro atoms. The number of piperidine rings is 1. The molecule has 1 unspecified atom stereocenters. The molecule has 1 aromatic carbocycles. The molecule has 1 heterocycles. The van der Waals surface area contributed by atoms with Gasteiger partial charge in [-0.2, -0.15) is 0 Å². The highest BCUT2D eigenvalue weighted by atomic mass is 16.5. The number of nitrogens with one attached hydrogen (secondary N) is 1. The number of carbonyl (C=O) groups is 1. The van der Waals surface area contributed by atoms with E-state index in [0.717, 1.165) is 13.1 Å². The first-order valence-electron chi connectivity index (χ1n) is 5.99. The number of ether oxygens (including phenoxy) is 1. The fraction of sp³-hybridized carbons (Fsp3) is 0.462. The van der Waals surface area contributed by atoms with Gasteiger partial charge in [0.15, 0.2) is 0 Å². The van der Waals surface area contributed by atoms with Crippen LogP contribution in [0.3, 0.4) is 0 Å². The van der Waals surface area contributed by atoms with Gasteiger partial charge in [0, 0.05) is 18.0 Å². The van der Waals surface area contributed by atoms with E-state index in [4.69, 9.17) is 10.5 Å². The van der Waals surface area contributed by atoms with Crippen molar-refractivity contribution in [3.63, 3.8) is 0 Å². The fourth-order valence-electron chi connectivity index (χ4n) is 2.02. The van der Waals surface area contributed by atoms with E-state index in [1.54, 1.807) is 18.2 Å². The van der Waals surface area contributed by atoms with Crippen LogP contribution in [0.25, 0.3) is 0 Å². The molecular formula is C13H18N2O2. The highest BCUT2D eigenvalue weighted by Crippen LogP contribution is 2.16. The first-order valence-corrected chi connectivity index (χ1v) is 5.99. The van der Waals surface area contributed by atoms with Crippen LogP contribution in [0.1, 0.15) is 23.2 Å². The summed E-state index contributed by atoms with van der Waals surface area (Å²) in [5.41, 5.74) is 5.71. The van der Waals surface area contributed by atoms with Crippen LogP contribution in [0.15, 0.2) is 24.3 Å². The Labute approximate surface area is 101 Å². The topological polar surface area (TPSA) is 64.4 Å². The third kappa shape index (κ3) is 3.46. The molecule has 1 saturated heterocycles. The standard InChI is InChI=1S/C13H18N2O2/c14-13(16)11-4-1-5-12(7-11)17-9-10-3-2-6-15-8-10/h1,4-5,7,10,15H,2-3,6,8-9H2,(H2,14,16). The fourth-order valence-corrected chi connectivity index (χ4v) is 2.02. The zero-order valence-electron chi connectivity index (χ0n) is 9.82. The van der Waals surface area contributed by atoms with Gasteiger partial charge in [0.05, 0.1) is 6.61 Å². The van der Waals surface area contributed by atoms with Crippen molar-refractivity contribution in [1.29, 1.82) is 0 Å². The van der Waals surface area contributed by atoms with Crippen molar-refractivity contribution in [3.05, 3.63) is 29.8 Å². The molecule has 92 valence electrons. The molecule has 0 saturated carbocycles. The van der Waals surface area contributed by atoms with E-state index < -0.39 is 5.91 Å². The van der Waals surface area contributed by atoms with Crippen LogP contribution in [0, 0.1) is 5.92 Å². The predicted molar refractivity (Wildman–Crippen MR) is 66.0 cm³/mol. The molecule has 1 aliphatic rings. The second-order valence-electron chi connectivity index (χ2n) is 4.42. The lowest BCUT2D eigenvalue weighted by atomic mass is 10.0. The summed E-state index contributed by atoms with van der Waals surface area (Å²) in [4.78, 5) is 11.0. The lowest BCUT2D eigenvalue weighted by Gasteiger charge is -2.22. The Hall–Kier alpha value is -1.55. The van der Waals surface area contributed by atoms with Crippen molar-refractivity contribution in [1.82, 2.24) is 5.32 Å². The molecule has 2 rings (SSSR count). The van der Waals surface area contributed by atoms with E-state index in [1.807, 2.05) is 6.07 Å². The van der Waals surface area contributed by atoms with Gasteiger partial charge in [-0.1, -0.05) is 6.07 Å². The summed E-state index contributed by atoms with van der Waals surface area (Å²) in [5.74, 6) is 0.850. The third-order valence-electron chi connectivity index (χ3n) is 3.00. The van der Waals surface area contributed by atoms with Crippen molar-refractivity contribution in [2.24, 2.45) is 11.7 Å². The lowest BCUT2D eigenvalue weighted by molar-refractivity contribution is 0.0999. The van der Waals surface area contributed by atoms with Crippen molar-refractivity contribution in [2.45, 2.75) is 12.8 Å². The van der Waals surface area contributed by atoms with E-state index in [0.29, 0.717) is 23.8 Å². The molecule has 1 aromatic rings. The maximum absolute atomic E-state index is 11.0. The number of benzene rings is 1. The molecule has 1 amide bonds. The van der Waals surface area contributed by atoms with Crippen LogP contribution in [0.2, 0.25) is 0 Å². The first-order chi connectivity index (χ1) is 8.25. The van der Waals surface area contributed by atoms with E-state index in [1.165, 1.54) is 12.8 Å². The third-order valence-corrected chi connectivity index (χ3v) is 3.00. The molecule has 1 aliphatic heterocycles. The number of amides is 1. The van der Waals surface area contributed by atoms with E-state index >= 15 is 0 Å². The highest BCUT2D eigenvalue weighted by Gasteiger charge is 2.13. The minimum atomic E-state index is -0.421. The Balaban J connectivity index is 1.89. The van der Waals surface area contributed by atoms with Crippen LogP contribution in [-0.4, -0.2) is 25.6 Å². The normalized spacial score (nSPS) is 19.9. The van der Waals surface area contributed by atoms with Crippen LogP contribution in [-0.2, 0) is 0 Å². The van der Waals surface area contributed by atoms with Crippen molar-refractivity contribution >= 4 is 5.91 Å². The Bertz CT molecular complexity index is 387. The summed E-state index contributed by atoms with van der Waals surface area (Å²) in [7, 11) is 0. The monoisotopic (exact) mass is 234 g/mol. The van der Waals surface area contributed by atoms with E-state index in [-0.39, 0.29) is 0 Å². The summed E-state index contributed by atoms with van der Waals surface area (Å²) in [6.45, 7) is 2.80. The average Bonchev–Trinajstić information content (AvgIpc) is 2.38. The van der Waals surface area contributed by atoms with Gasteiger partial charge in [0.25, 0.3) is 0 Å². The molecule has 0 bridgehead atoms. The molecule has 17 heavy (non-hydrogen) atoms. The van der Waals surface area contributed by atoms with E-state index in [2.05, 4.69) is 5.32 Å². The summed E-state index contributed by atoms with van der Waals surface area (Å²) in [6, 6.07) is 7.02. The molecular weight excluding hydrogens is 216 g/mol. The second-order valence-corrected chi connectivity index (χ2v) is 4.42. The van der Waals surface area contributed by atoms with Crippen molar-refractivity contribution in [2.75, 3.05) is 19.7 Å². The van der Waals surface area contributed by atoms with Gasteiger partial charge in [-0.05, 0) is 37.6 Å². The number of primary amides is 1. The minimum absolute atomic E-state index is 0.421. The maximum Gasteiger partial charge on any atom is 0.248 e. The number of carbonyl (C=O) groups excluding carboxylic acids is 1. The highest BCUT2D eigenvalue weighted by molar-refractivity contribution is 5.93. The summed E-state index contributed by atoms with van der Waals surface area (Å²) in [6.07, 6.45) is 2.40. The molecule has 3 N–H and O–H groups in total. The average molecular weight is 234 g/mol. The Kier molecular flexibility index (Phi) is 3.98. The smallest absolute Gasteiger partial charge is 0.248 e. The maximum atomic E-state index is 11.0. The molecule has 0 aromatic heterocycles. The number of hydrogen-bond acceptors (Lipinski definition) is 3. The van der Waals surface area contributed by atoms with Gasteiger partial charge >= 0.3 is 0 Å². The Morgan fingerprint density at radius 2 is 2.41 bits per heavy atom. The minimum Gasteiger partial charge on any atom is -0.493 e. The van der Waals surface area contributed by atoms with Gasteiger partial charge in [-0.15, -0.1) is 0 Å². The number of nitrogens with two attached hydrogens (primary N) is 1. The molecule has 0 radical (unpaired) electrons. The van der Waals surface area contributed by atoms with Gasteiger partial charge in [-0.3, -0.25) is 4.79 Å². The number of hydrogen-bond donors (Lipinski definition) is 2. The van der Waals surface area contributed by atoms with Crippen LogP contribution < -0.4 is 15.8 Å². The van der Waals surface area contributed by atoms with Gasteiger partial charge in [0.2, 0.25) is 5.91 Å². The number of rotatable bonds is 4. The van der Waals surface area contributed by atoms with Crippen LogP contribution in [0.5, 0.6) is 5.75 Å². The summed E-state index contributed by atoms with van der Waals surface area (Å²) in [5, 5.41) is 3.35. The molecule has 1 atom stereocenters. The SMILES string of the molecule is NC(=O)c1cccc(OCC2CCCNC2)c1. The second kappa shape index (κ2) is 5.68.